The van der Waals surface area contributed by atoms with E-state index in [1.807, 2.05) is 26.0 Å². The highest BCUT2D eigenvalue weighted by Gasteiger charge is 2.20. The zero-order chi connectivity index (χ0) is 16.8. The Hall–Kier alpha value is -2.56. The molecule has 2 aromatic rings. The van der Waals surface area contributed by atoms with Crippen LogP contribution < -0.4 is 10.1 Å². The van der Waals surface area contributed by atoms with E-state index in [-0.39, 0.29) is 17.9 Å². The zero-order valence-electron chi connectivity index (χ0n) is 13.5. The Labute approximate surface area is 135 Å². The minimum absolute atomic E-state index is 0.171. The molecule has 122 valence electrons. The van der Waals surface area contributed by atoms with Crippen LogP contribution in [0.5, 0.6) is 5.75 Å². The minimum atomic E-state index is -0.289. The molecule has 0 saturated heterocycles. The molecule has 1 atom stereocenters. The Morgan fingerprint density at radius 2 is 1.87 bits per heavy atom. The van der Waals surface area contributed by atoms with Gasteiger partial charge in [0.05, 0.1) is 18.8 Å². The van der Waals surface area contributed by atoms with Crippen LogP contribution in [0.2, 0.25) is 0 Å². The van der Waals surface area contributed by atoms with Crippen LogP contribution in [0.4, 0.5) is 14.9 Å². The molecule has 23 heavy (non-hydrogen) atoms. The van der Waals surface area contributed by atoms with Crippen LogP contribution in [0.15, 0.2) is 48.5 Å². The van der Waals surface area contributed by atoms with E-state index >= 15 is 0 Å². The van der Waals surface area contributed by atoms with Gasteiger partial charge in [0.25, 0.3) is 0 Å². The third-order valence-corrected chi connectivity index (χ3v) is 3.77. The van der Waals surface area contributed by atoms with E-state index in [4.69, 9.17) is 4.74 Å². The van der Waals surface area contributed by atoms with Gasteiger partial charge in [-0.25, -0.2) is 9.18 Å². The van der Waals surface area contributed by atoms with Crippen molar-refractivity contribution in [2.24, 2.45) is 0 Å². The summed E-state index contributed by atoms with van der Waals surface area (Å²) in [5.74, 6) is 0.314. The number of halogens is 1. The summed E-state index contributed by atoms with van der Waals surface area (Å²) < 4.78 is 18.3. The topological polar surface area (TPSA) is 41.6 Å². The van der Waals surface area contributed by atoms with Crippen molar-refractivity contribution in [1.82, 2.24) is 4.90 Å². The number of anilines is 1. The molecule has 2 rings (SSSR count). The van der Waals surface area contributed by atoms with E-state index in [9.17, 15) is 9.18 Å². The van der Waals surface area contributed by atoms with Crippen LogP contribution >= 0.6 is 0 Å². The number of ether oxygens (including phenoxy) is 1. The van der Waals surface area contributed by atoms with Gasteiger partial charge in [-0.3, -0.25) is 0 Å². The molecule has 0 aliphatic rings. The van der Waals surface area contributed by atoms with Crippen molar-refractivity contribution >= 4 is 11.7 Å². The summed E-state index contributed by atoms with van der Waals surface area (Å²) in [6.07, 6.45) is 0. The highest BCUT2D eigenvalue weighted by molar-refractivity contribution is 5.91. The standard InChI is InChI=1S/C18H21FN2O2/c1-4-21(13(2)14-9-11-15(19)12-10-14)18(22)20-16-7-5-6-8-17(16)23-3/h5-13H,4H2,1-3H3,(H,20,22)/t13-/m0/s1. The molecular weight excluding hydrogens is 295 g/mol. The fourth-order valence-corrected chi connectivity index (χ4v) is 2.45. The fourth-order valence-electron chi connectivity index (χ4n) is 2.45. The second-order valence-electron chi connectivity index (χ2n) is 5.14. The second-order valence-corrected chi connectivity index (χ2v) is 5.14. The maximum Gasteiger partial charge on any atom is 0.322 e. The van der Waals surface area contributed by atoms with Crippen molar-refractivity contribution in [3.8, 4) is 5.75 Å². The van der Waals surface area contributed by atoms with Gasteiger partial charge in [0.15, 0.2) is 0 Å². The highest BCUT2D eigenvalue weighted by Crippen LogP contribution is 2.26. The van der Waals surface area contributed by atoms with Crippen molar-refractivity contribution < 1.29 is 13.9 Å². The first kappa shape index (κ1) is 16.8. The Morgan fingerprint density at radius 3 is 2.48 bits per heavy atom. The molecule has 0 unspecified atom stereocenters. The number of urea groups is 1. The van der Waals surface area contributed by atoms with Crippen LogP contribution in [-0.4, -0.2) is 24.6 Å². The number of rotatable bonds is 5. The van der Waals surface area contributed by atoms with Gasteiger partial charge in [0.1, 0.15) is 11.6 Å². The summed E-state index contributed by atoms with van der Waals surface area (Å²) in [4.78, 5) is 14.3. The summed E-state index contributed by atoms with van der Waals surface area (Å²) in [6, 6.07) is 13.0. The van der Waals surface area contributed by atoms with Crippen molar-refractivity contribution in [3.05, 3.63) is 59.9 Å². The lowest BCUT2D eigenvalue weighted by atomic mass is 10.1. The van der Waals surface area contributed by atoms with Crippen LogP contribution in [-0.2, 0) is 0 Å². The number of methoxy groups -OCH3 is 1. The monoisotopic (exact) mass is 316 g/mol. The molecule has 4 nitrogen and oxygen atoms in total. The SMILES string of the molecule is CCN(C(=O)Nc1ccccc1OC)[C@@H](C)c1ccc(F)cc1. The Balaban J connectivity index is 2.16. The molecule has 5 heteroatoms. The first-order chi connectivity index (χ1) is 11.1. The normalized spacial score (nSPS) is 11.7. The summed E-state index contributed by atoms with van der Waals surface area (Å²) >= 11 is 0. The first-order valence-electron chi connectivity index (χ1n) is 7.53. The lowest BCUT2D eigenvalue weighted by Crippen LogP contribution is -2.37. The second kappa shape index (κ2) is 7.63. The number of carbonyl (C=O) groups excluding carboxylic acids is 1. The lowest BCUT2D eigenvalue weighted by molar-refractivity contribution is 0.197. The smallest absolute Gasteiger partial charge is 0.322 e. The average molecular weight is 316 g/mol. The predicted octanol–water partition coefficient (Wildman–Crippen LogP) is 4.45. The van der Waals surface area contributed by atoms with Crippen LogP contribution in [0.1, 0.15) is 25.5 Å². The molecule has 2 aromatic carbocycles. The van der Waals surface area contributed by atoms with Gasteiger partial charge in [-0.05, 0) is 43.7 Å². The van der Waals surface area contributed by atoms with Gasteiger partial charge in [-0.15, -0.1) is 0 Å². The van der Waals surface area contributed by atoms with E-state index in [1.165, 1.54) is 12.1 Å². The number of nitrogens with zero attached hydrogens (tertiary/aromatic N) is 1. The third-order valence-electron chi connectivity index (χ3n) is 3.77. The predicted molar refractivity (Wildman–Crippen MR) is 89.2 cm³/mol. The number of nitrogens with one attached hydrogen (secondary N) is 1. The summed E-state index contributed by atoms with van der Waals surface area (Å²) in [5.41, 5.74) is 1.49. The maximum atomic E-state index is 13.1. The quantitative estimate of drug-likeness (QED) is 0.885. The fraction of sp³-hybridized carbons (Fsp3) is 0.278. The van der Waals surface area contributed by atoms with Crippen molar-refractivity contribution in [2.45, 2.75) is 19.9 Å². The number of benzene rings is 2. The van der Waals surface area contributed by atoms with Gasteiger partial charge in [0.2, 0.25) is 0 Å². The number of carbonyl (C=O) groups is 1. The number of hydrogen-bond acceptors (Lipinski definition) is 2. The van der Waals surface area contributed by atoms with Gasteiger partial charge in [-0.1, -0.05) is 24.3 Å². The van der Waals surface area contributed by atoms with E-state index in [0.29, 0.717) is 18.0 Å². The molecule has 0 bridgehead atoms. The lowest BCUT2D eigenvalue weighted by Gasteiger charge is -2.28. The molecule has 0 aliphatic heterocycles. The summed E-state index contributed by atoms with van der Waals surface area (Å²) in [7, 11) is 1.56. The highest BCUT2D eigenvalue weighted by atomic mass is 19.1. The minimum Gasteiger partial charge on any atom is -0.495 e. The summed E-state index contributed by atoms with van der Waals surface area (Å²) in [6.45, 7) is 4.35. The summed E-state index contributed by atoms with van der Waals surface area (Å²) in [5, 5.41) is 2.86. The van der Waals surface area contributed by atoms with Crippen LogP contribution in [0, 0.1) is 5.82 Å². The molecule has 0 radical (unpaired) electrons. The largest absolute Gasteiger partial charge is 0.495 e. The molecule has 2 amide bonds. The molecule has 0 saturated carbocycles. The van der Waals surface area contributed by atoms with Crippen LogP contribution in [0.25, 0.3) is 0 Å². The number of hydrogen-bond donors (Lipinski definition) is 1. The first-order valence-corrected chi connectivity index (χ1v) is 7.53. The van der Waals surface area contributed by atoms with E-state index in [1.54, 1.807) is 36.3 Å². The maximum absolute atomic E-state index is 13.1. The molecule has 0 spiro atoms. The van der Waals surface area contributed by atoms with E-state index in [2.05, 4.69) is 5.32 Å². The number of amides is 2. The van der Waals surface area contributed by atoms with Crippen molar-refractivity contribution in [2.75, 3.05) is 19.0 Å². The molecule has 0 fully saturated rings. The van der Waals surface area contributed by atoms with Crippen molar-refractivity contribution in [3.63, 3.8) is 0 Å². The van der Waals surface area contributed by atoms with Crippen molar-refractivity contribution in [1.29, 1.82) is 0 Å². The van der Waals surface area contributed by atoms with Gasteiger partial charge in [0, 0.05) is 6.54 Å². The number of para-hydroxylation sites is 2. The zero-order valence-corrected chi connectivity index (χ0v) is 13.5. The van der Waals surface area contributed by atoms with Gasteiger partial charge in [-0.2, -0.15) is 0 Å². The van der Waals surface area contributed by atoms with Gasteiger partial charge >= 0.3 is 6.03 Å². The van der Waals surface area contributed by atoms with E-state index in [0.717, 1.165) is 5.56 Å². The van der Waals surface area contributed by atoms with E-state index < -0.39 is 0 Å². The average Bonchev–Trinajstić information content (AvgIpc) is 2.56. The third kappa shape index (κ3) is 4.00. The molecule has 0 heterocycles. The molecule has 0 aromatic heterocycles. The Morgan fingerprint density at radius 1 is 1.22 bits per heavy atom. The molecule has 1 N–H and O–H groups in total. The van der Waals surface area contributed by atoms with Gasteiger partial charge < -0.3 is 15.0 Å². The molecular formula is C18H21FN2O2. The van der Waals surface area contributed by atoms with Crippen LogP contribution in [0.3, 0.4) is 0 Å². The molecule has 0 aliphatic carbocycles. The Bertz CT molecular complexity index is 658. The Kier molecular flexibility index (Phi) is 5.57.